The van der Waals surface area contributed by atoms with Gasteiger partial charge in [0.05, 0.1) is 13.3 Å². The van der Waals surface area contributed by atoms with E-state index in [0.717, 1.165) is 34.7 Å². The normalized spacial score (nSPS) is 16.7. The molecule has 1 atom stereocenters. The van der Waals surface area contributed by atoms with E-state index >= 15 is 0 Å². The number of carbonyl (C=O) groups is 1. The number of carbonyl (C=O) groups excluding carboxylic acids is 1. The topological polar surface area (TPSA) is 70.2 Å². The van der Waals surface area contributed by atoms with Crippen molar-refractivity contribution in [1.29, 1.82) is 0 Å². The molecule has 2 heterocycles. The molecule has 0 saturated carbocycles. The van der Waals surface area contributed by atoms with Gasteiger partial charge in [-0.15, -0.1) is 0 Å². The van der Waals surface area contributed by atoms with E-state index < -0.39 is 0 Å². The summed E-state index contributed by atoms with van der Waals surface area (Å²) in [6.07, 6.45) is 4.40. The minimum atomic E-state index is -0.226. The van der Waals surface area contributed by atoms with E-state index in [-0.39, 0.29) is 11.9 Å². The highest BCUT2D eigenvalue weighted by atomic mass is 16.5. The molecule has 0 radical (unpaired) electrons. The van der Waals surface area contributed by atoms with Crippen molar-refractivity contribution in [3.05, 3.63) is 60.9 Å². The van der Waals surface area contributed by atoms with Gasteiger partial charge in [0.1, 0.15) is 11.8 Å². The second-order valence-corrected chi connectivity index (χ2v) is 6.24. The number of aromatic nitrogens is 2. The second kappa shape index (κ2) is 6.92. The average Bonchev–Trinajstić information content (AvgIpc) is 3.33. The van der Waals surface area contributed by atoms with E-state index in [9.17, 15) is 4.79 Å². The molecule has 0 spiro atoms. The van der Waals surface area contributed by atoms with Crippen LogP contribution in [0.25, 0.3) is 11.1 Å². The largest absolute Gasteiger partial charge is 0.497 e. The highest BCUT2D eigenvalue weighted by Gasteiger charge is 2.32. The Labute approximate surface area is 151 Å². The Bertz CT molecular complexity index is 890. The van der Waals surface area contributed by atoms with Gasteiger partial charge in [0, 0.05) is 35.7 Å². The third kappa shape index (κ3) is 3.13. The molecule has 1 saturated heterocycles. The van der Waals surface area contributed by atoms with Crippen molar-refractivity contribution in [2.45, 2.75) is 12.5 Å². The smallest absolute Gasteiger partial charge is 0.249 e. The van der Waals surface area contributed by atoms with E-state index in [4.69, 9.17) is 4.74 Å². The van der Waals surface area contributed by atoms with Crippen molar-refractivity contribution in [2.75, 3.05) is 23.9 Å². The van der Waals surface area contributed by atoms with Crippen LogP contribution in [0.3, 0.4) is 0 Å². The highest BCUT2D eigenvalue weighted by molar-refractivity contribution is 6.01. The predicted octanol–water partition coefficient (Wildman–Crippen LogP) is 3.30. The summed E-state index contributed by atoms with van der Waals surface area (Å²) in [5, 5.41) is 10.1. The zero-order chi connectivity index (χ0) is 17.9. The molecule has 1 aromatic heterocycles. The van der Waals surface area contributed by atoms with Crippen LogP contribution in [0.4, 0.5) is 11.4 Å². The Morgan fingerprint density at radius 2 is 2.04 bits per heavy atom. The van der Waals surface area contributed by atoms with Crippen LogP contribution in [-0.2, 0) is 4.79 Å². The molecule has 0 aliphatic carbocycles. The maximum Gasteiger partial charge on any atom is 0.249 e. The van der Waals surface area contributed by atoms with E-state index in [2.05, 4.69) is 15.5 Å². The summed E-state index contributed by atoms with van der Waals surface area (Å²) in [6, 6.07) is 15.4. The maximum absolute atomic E-state index is 12.8. The summed E-state index contributed by atoms with van der Waals surface area (Å²) in [6.45, 7) is 0.700. The van der Waals surface area contributed by atoms with Crippen LogP contribution in [0, 0.1) is 0 Å². The number of anilines is 2. The van der Waals surface area contributed by atoms with Crippen molar-refractivity contribution >= 4 is 17.3 Å². The summed E-state index contributed by atoms with van der Waals surface area (Å²) < 4.78 is 5.24. The van der Waals surface area contributed by atoms with Crippen molar-refractivity contribution < 1.29 is 9.53 Å². The summed E-state index contributed by atoms with van der Waals surface area (Å²) in [5.41, 5.74) is 3.90. The molecule has 4 rings (SSSR count). The lowest BCUT2D eigenvalue weighted by atomic mass is 10.1. The van der Waals surface area contributed by atoms with Crippen molar-refractivity contribution in [1.82, 2.24) is 10.2 Å². The molecule has 2 N–H and O–H groups in total. The molecule has 26 heavy (non-hydrogen) atoms. The predicted molar refractivity (Wildman–Crippen MR) is 101 cm³/mol. The fourth-order valence-electron chi connectivity index (χ4n) is 3.23. The van der Waals surface area contributed by atoms with Gasteiger partial charge in [-0.05, 0) is 36.2 Å². The number of nitrogens with zero attached hydrogens (tertiary/aromatic N) is 2. The summed E-state index contributed by atoms with van der Waals surface area (Å²) in [7, 11) is 1.63. The minimum absolute atomic E-state index is 0.0869. The molecule has 3 aromatic rings. The average molecular weight is 348 g/mol. The van der Waals surface area contributed by atoms with Gasteiger partial charge >= 0.3 is 0 Å². The first-order valence-corrected chi connectivity index (χ1v) is 8.56. The van der Waals surface area contributed by atoms with Crippen LogP contribution < -0.4 is 15.0 Å². The summed E-state index contributed by atoms with van der Waals surface area (Å²) >= 11 is 0. The molecule has 1 unspecified atom stereocenters. The SMILES string of the molecule is COc1cccc(NC2CCN(c3ccc(-c4cn[nH]c4)cc3)C2=O)c1. The van der Waals surface area contributed by atoms with Crippen LogP contribution >= 0.6 is 0 Å². The Morgan fingerprint density at radius 1 is 1.19 bits per heavy atom. The molecule has 1 fully saturated rings. The van der Waals surface area contributed by atoms with Gasteiger partial charge in [-0.3, -0.25) is 9.89 Å². The molecular formula is C20H20N4O2. The first kappa shape index (κ1) is 16.2. The van der Waals surface area contributed by atoms with E-state index in [1.165, 1.54) is 0 Å². The lowest BCUT2D eigenvalue weighted by Crippen LogP contribution is -2.33. The van der Waals surface area contributed by atoms with Crippen molar-refractivity contribution in [3.8, 4) is 16.9 Å². The molecule has 1 amide bonds. The lowest BCUT2D eigenvalue weighted by molar-refractivity contribution is -0.117. The Hall–Kier alpha value is -3.28. The van der Waals surface area contributed by atoms with E-state index in [1.807, 2.05) is 59.6 Å². The second-order valence-electron chi connectivity index (χ2n) is 6.24. The monoisotopic (exact) mass is 348 g/mol. The molecule has 0 bridgehead atoms. The zero-order valence-corrected chi connectivity index (χ0v) is 14.5. The number of nitrogens with one attached hydrogen (secondary N) is 2. The van der Waals surface area contributed by atoms with Crippen LogP contribution in [0.2, 0.25) is 0 Å². The number of hydrogen-bond donors (Lipinski definition) is 2. The third-order valence-electron chi connectivity index (χ3n) is 4.63. The molecule has 1 aliphatic heterocycles. The molecule has 2 aromatic carbocycles. The van der Waals surface area contributed by atoms with Crippen LogP contribution in [0.15, 0.2) is 60.9 Å². The molecule has 6 heteroatoms. The minimum Gasteiger partial charge on any atom is -0.497 e. The number of hydrogen-bond acceptors (Lipinski definition) is 4. The number of benzene rings is 2. The van der Waals surface area contributed by atoms with Gasteiger partial charge in [-0.1, -0.05) is 18.2 Å². The number of ether oxygens (including phenoxy) is 1. The molecule has 6 nitrogen and oxygen atoms in total. The van der Waals surface area contributed by atoms with E-state index in [0.29, 0.717) is 6.54 Å². The fraction of sp³-hybridized carbons (Fsp3) is 0.200. The molecule has 132 valence electrons. The number of H-pyrrole nitrogens is 1. The van der Waals surface area contributed by atoms with Gasteiger partial charge in [0.2, 0.25) is 5.91 Å². The third-order valence-corrected chi connectivity index (χ3v) is 4.63. The molecular weight excluding hydrogens is 328 g/mol. The number of methoxy groups -OCH3 is 1. The highest BCUT2D eigenvalue weighted by Crippen LogP contribution is 2.27. The standard InChI is InChI=1S/C20H20N4O2/c1-26-18-4-2-3-16(11-18)23-19-9-10-24(20(19)25)17-7-5-14(6-8-17)15-12-21-22-13-15/h2-8,11-13,19,23H,9-10H2,1H3,(H,21,22). The Balaban J connectivity index is 1.46. The maximum atomic E-state index is 12.8. The number of aromatic amines is 1. The van der Waals surface area contributed by atoms with Gasteiger partial charge in [0.15, 0.2) is 0 Å². The van der Waals surface area contributed by atoms with Crippen molar-refractivity contribution in [2.24, 2.45) is 0 Å². The van der Waals surface area contributed by atoms with Gasteiger partial charge < -0.3 is 15.0 Å². The van der Waals surface area contributed by atoms with Crippen LogP contribution in [0.5, 0.6) is 5.75 Å². The summed E-state index contributed by atoms with van der Waals surface area (Å²) in [5.74, 6) is 0.857. The van der Waals surface area contributed by atoms with Crippen molar-refractivity contribution in [3.63, 3.8) is 0 Å². The van der Waals surface area contributed by atoms with Gasteiger partial charge in [0.25, 0.3) is 0 Å². The zero-order valence-electron chi connectivity index (χ0n) is 14.5. The number of amides is 1. The lowest BCUT2D eigenvalue weighted by Gasteiger charge is -2.18. The van der Waals surface area contributed by atoms with Crippen LogP contribution in [-0.4, -0.2) is 35.8 Å². The Kier molecular flexibility index (Phi) is 4.31. The quantitative estimate of drug-likeness (QED) is 0.742. The summed E-state index contributed by atoms with van der Waals surface area (Å²) in [4.78, 5) is 14.6. The van der Waals surface area contributed by atoms with E-state index in [1.54, 1.807) is 13.3 Å². The van der Waals surface area contributed by atoms with Gasteiger partial charge in [-0.2, -0.15) is 5.10 Å². The molecule has 1 aliphatic rings. The first-order valence-electron chi connectivity index (χ1n) is 8.56. The Morgan fingerprint density at radius 3 is 2.77 bits per heavy atom. The van der Waals surface area contributed by atoms with Crippen LogP contribution in [0.1, 0.15) is 6.42 Å². The van der Waals surface area contributed by atoms with Gasteiger partial charge in [-0.25, -0.2) is 0 Å². The fourth-order valence-corrected chi connectivity index (χ4v) is 3.23. The first-order chi connectivity index (χ1) is 12.7. The number of rotatable bonds is 5.